The molecule has 1 amide bonds. The van der Waals surface area contributed by atoms with Crippen LogP contribution in [0.2, 0.25) is 0 Å². The van der Waals surface area contributed by atoms with Gasteiger partial charge in [0, 0.05) is 13.6 Å². The Morgan fingerprint density at radius 1 is 1.23 bits per heavy atom. The highest BCUT2D eigenvalue weighted by molar-refractivity contribution is 7.20. The van der Waals surface area contributed by atoms with Gasteiger partial charge in [0.1, 0.15) is 4.83 Å². The third-order valence-electron chi connectivity index (χ3n) is 4.67. The molecule has 2 aromatic heterocycles. The standard InChI is InChI=1S/C19H19N3O3S/c1-21-18-14(9-15(26-18)16(23)20-10-12-7-8-12)17(24)22(19(21)25)11-13-5-3-2-4-6-13/h2-6,9,12H,7-8,10-11H2,1H3,(H,20,23). The van der Waals surface area contributed by atoms with E-state index < -0.39 is 0 Å². The molecular weight excluding hydrogens is 350 g/mol. The first kappa shape index (κ1) is 16.8. The normalized spacial score (nSPS) is 13.9. The minimum Gasteiger partial charge on any atom is -0.351 e. The van der Waals surface area contributed by atoms with E-state index in [1.807, 2.05) is 30.3 Å². The number of carbonyl (C=O) groups excluding carboxylic acids is 1. The molecule has 2 heterocycles. The van der Waals surface area contributed by atoms with Gasteiger partial charge in [0.15, 0.2) is 0 Å². The number of fused-ring (bicyclic) bond motifs is 1. The topological polar surface area (TPSA) is 73.1 Å². The number of rotatable bonds is 5. The molecule has 7 heteroatoms. The summed E-state index contributed by atoms with van der Waals surface area (Å²) in [7, 11) is 1.63. The number of thiophene rings is 1. The smallest absolute Gasteiger partial charge is 0.332 e. The number of hydrogen-bond acceptors (Lipinski definition) is 4. The van der Waals surface area contributed by atoms with Gasteiger partial charge in [0.25, 0.3) is 11.5 Å². The predicted molar refractivity (Wildman–Crippen MR) is 102 cm³/mol. The van der Waals surface area contributed by atoms with Crippen molar-refractivity contribution >= 4 is 27.5 Å². The summed E-state index contributed by atoms with van der Waals surface area (Å²) in [4.78, 5) is 38.8. The van der Waals surface area contributed by atoms with E-state index in [9.17, 15) is 14.4 Å². The molecule has 3 aromatic rings. The van der Waals surface area contributed by atoms with Crippen LogP contribution in [0.4, 0.5) is 0 Å². The molecule has 1 fully saturated rings. The number of hydrogen-bond donors (Lipinski definition) is 1. The van der Waals surface area contributed by atoms with Gasteiger partial charge in [-0.1, -0.05) is 30.3 Å². The summed E-state index contributed by atoms with van der Waals surface area (Å²) < 4.78 is 2.66. The average molecular weight is 369 g/mol. The van der Waals surface area contributed by atoms with Gasteiger partial charge in [-0.3, -0.25) is 18.7 Å². The Balaban J connectivity index is 1.74. The Labute approximate surface area is 153 Å². The third kappa shape index (κ3) is 3.10. The molecule has 1 aliphatic carbocycles. The van der Waals surface area contributed by atoms with Gasteiger partial charge >= 0.3 is 5.69 Å². The molecule has 1 aromatic carbocycles. The first-order valence-corrected chi connectivity index (χ1v) is 9.41. The van der Waals surface area contributed by atoms with Crippen molar-refractivity contribution in [3.8, 4) is 0 Å². The van der Waals surface area contributed by atoms with Crippen LogP contribution < -0.4 is 16.6 Å². The summed E-state index contributed by atoms with van der Waals surface area (Å²) in [5, 5.41) is 3.31. The monoisotopic (exact) mass is 369 g/mol. The van der Waals surface area contributed by atoms with E-state index in [0.29, 0.717) is 27.6 Å². The van der Waals surface area contributed by atoms with Crippen molar-refractivity contribution in [2.24, 2.45) is 13.0 Å². The van der Waals surface area contributed by atoms with E-state index in [1.54, 1.807) is 13.1 Å². The van der Waals surface area contributed by atoms with E-state index in [2.05, 4.69) is 5.32 Å². The van der Waals surface area contributed by atoms with Crippen LogP contribution in [-0.4, -0.2) is 21.6 Å². The van der Waals surface area contributed by atoms with Crippen LogP contribution in [-0.2, 0) is 13.6 Å². The second-order valence-electron chi connectivity index (χ2n) is 6.70. The molecule has 1 saturated carbocycles. The van der Waals surface area contributed by atoms with Gasteiger partial charge < -0.3 is 5.32 Å². The van der Waals surface area contributed by atoms with Gasteiger partial charge in [-0.15, -0.1) is 11.3 Å². The average Bonchev–Trinajstić information content (AvgIpc) is 3.38. The summed E-state index contributed by atoms with van der Waals surface area (Å²) in [5.41, 5.74) is 0.145. The zero-order valence-corrected chi connectivity index (χ0v) is 15.2. The minimum atomic E-state index is -0.377. The van der Waals surface area contributed by atoms with Gasteiger partial charge in [0.2, 0.25) is 0 Å². The maximum Gasteiger partial charge on any atom is 0.332 e. The molecule has 0 unspecified atom stereocenters. The lowest BCUT2D eigenvalue weighted by atomic mass is 10.2. The van der Waals surface area contributed by atoms with Crippen molar-refractivity contribution in [3.63, 3.8) is 0 Å². The number of nitrogens with zero attached hydrogens (tertiary/aromatic N) is 2. The SMILES string of the molecule is Cn1c(=O)n(Cc2ccccc2)c(=O)c2cc(C(=O)NCC3CC3)sc21. The summed E-state index contributed by atoms with van der Waals surface area (Å²) >= 11 is 1.18. The molecule has 1 N–H and O–H groups in total. The van der Waals surface area contributed by atoms with Crippen LogP contribution in [0.3, 0.4) is 0 Å². The lowest BCUT2D eigenvalue weighted by Crippen LogP contribution is -2.38. The predicted octanol–water partition coefficient (Wildman–Crippen LogP) is 1.95. The molecule has 0 saturated heterocycles. The Kier molecular flexibility index (Phi) is 4.24. The van der Waals surface area contributed by atoms with Crippen LogP contribution in [0.15, 0.2) is 46.0 Å². The van der Waals surface area contributed by atoms with Crippen molar-refractivity contribution in [1.82, 2.24) is 14.5 Å². The van der Waals surface area contributed by atoms with Gasteiger partial charge in [0.05, 0.1) is 16.8 Å². The Morgan fingerprint density at radius 2 is 1.96 bits per heavy atom. The largest absolute Gasteiger partial charge is 0.351 e. The van der Waals surface area contributed by atoms with Crippen LogP contribution >= 0.6 is 11.3 Å². The van der Waals surface area contributed by atoms with Crippen LogP contribution in [0.5, 0.6) is 0 Å². The van der Waals surface area contributed by atoms with E-state index in [1.165, 1.54) is 20.5 Å². The molecular formula is C19H19N3O3S. The fourth-order valence-electron chi connectivity index (χ4n) is 2.95. The van der Waals surface area contributed by atoms with E-state index in [-0.39, 0.29) is 23.7 Å². The number of aryl methyl sites for hydroxylation is 1. The van der Waals surface area contributed by atoms with Crippen LogP contribution in [0.25, 0.3) is 10.2 Å². The Morgan fingerprint density at radius 3 is 2.65 bits per heavy atom. The highest BCUT2D eigenvalue weighted by Gasteiger charge is 2.23. The van der Waals surface area contributed by atoms with Gasteiger partial charge in [-0.05, 0) is 30.4 Å². The van der Waals surface area contributed by atoms with Crippen molar-refractivity contribution < 1.29 is 4.79 Å². The van der Waals surface area contributed by atoms with Crippen molar-refractivity contribution in [1.29, 1.82) is 0 Å². The summed E-state index contributed by atoms with van der Waals surface area (Å²) in [6.07, 6.45) is 2.32. The second kappa shape index (κ2) is 6.57. The van der Waals surface area contributed by atoms with Crippen molar-refractivity contribution in [2.75, 3.05) is 6.54 Å². The number of amides is 1. The zero-order chi connectivity index (χ0) is 18.3. The Hall–Kier alpha value is -2.67. The molecule has 134 valence electrons. The molecule has 6 nitrogen and oxygen atoms in total. The van der Waals surface area contributed by atoms with E-state index in [4.69, 9.17) is 0 Å². The summed E-state index contributed by atoms with van der Waals surface area (Å²) in [6.45, 7) is 0.881. The maximum absolute atomic E-state index is 12.8. The van der Waals surface area contributed by atoms with Crippen molar-refractivity contribution in [2.45, 2.75) is 19.4 Å². The number of carbonyl (C=O) groups is 1. The molecule has 0 bridgehead atoms. The molecule has 4 rings (SSSR count). The fourth-order valence-corrected chi connectivity index (χ4v) is 3.97. The fraction of sp³-hybridized carbons (Fsp3) is 0.316. The van der Waals surface area contributed by atoms with E-state index in [0.717, 1.165) is 18.4 Å². The molecule has 0 radical (unpaired) electrons. The minimum absolute atomic E-state index is 0.181. The first-order chi connectivity index (χ1) is 12.5. The summed E-state index contributed by atoms with van der Waals surface area (Å²) in [5.74, 6) is 0.403. The van der Waals surface area contributed by atoms with Crippen LogP contribution in [0.1, 0.15) is 28.1 Å². The lowest BCUT2D eigenvalue weighted by Gasteiger charge is -2.08. The number of nitrogens with one attached hydrogen (secondary N) is 1. The highest BCUT2D eigenvalue weighted by Crippen LogP contribution is 2.28. The van der Waals surface area contributed by atoms with Crippen molar-refractivity contribution in [3.05, 3.63) is 67.7 Å². The number of aromatic nitrogens is 2. The first-order valence-electron chi connectivity index (χ1n) is 8.60. The molecule has 0 spiro atoms. The number of benzene rings is 1. The third-order valence-corrected chi connectivity index (χ3v) is 5.88. The molecule has 0 atom stereocenters. The lowest BCUT2D eigenvalue weighted by molar-refractivity contribution is 0.0956. The summed E-state index contributed by atoms with van der Waals surface area (Å²) in [6, 6.07) is 11.0. The van der Waals surface area contributed by atoms with E-state index >= 15 is 0 Å². The second-order valence-corrected chi connectivity index (χ2v) is 7.73. The molecule has 26 heavy (non-hydrogen) atoms. The highest BCUT2D eigenvalue weighted by atomic mass is 32.1. The Bertz CT molecular complexity index is 1090. The maximum atomic E-state index is 12.8. The van der Waals surface area contributed by atoms with Crippen LogP contribution in [0, 0.1) is 5.92 Å². The van der Waals surface area contributed by atoms with Gasteiger partial charge in [-0.2, -0.15) is 0 Å². The molecule has 1 aliphatic rings. The zero-order valence-electron chi connectivity index (χ0n) is 14.4. The molecule has 0 aliphatic heterocycles. The quantitative estimate of drug-likeness (QED) is 0.747. The van der Waals surface area contributed by atoms with Gasteiger partial charge in [-0.25, -0.2) is 4.79 Å².